The Kier molecular flexibility index (Phi) is 7.01. The Labute approximate surface area is 162 Å². The van der Waals surface area contributed by atoms with Crippen molar-refractivity contribution in [3.63, 3.8) is 0 Å². The second-order valence-electron chi connectivity index (χ2n) is 7.20. The smallest absolute Gasteiger partial charge is 0.309 e. The molecule has 2 rings (SSSR count). The van der Waals surface area contributed by atoms with Crippen LogP contribution in [0.5, 0.6) is 0 Å². The zero-order valence-corrected chi connectivity index (χ0v) is 17.4. The number of hydrogen-bond acceptors (Lipinski definition) is 5. The van der Waals surface area contributed by atoms with Crippen LogP contribution in [0.4, 0.5) is 0 Å². The highest BCUT2D eigenvalue weighted by molar-refractivity contribution is 7.89. The Morgan fingerprint density at radius 1 is 1.19 bits per heavy atom. The number of aryl methyl sites for hydroxylation is 2. The number of rotatable bonds is 6. The van der Waals surface area contributed by atoms with Crippen LogP contribution >= 0.6 is 0 Å². The van der Waals surface area contributed by atoms with Gasteiger partial charge in [-0.1, -0.05) is 6.07 Å². The van der Waals surface area contributed by atoms with Gasteiger partial charge in [0.1, 0.15) is 0 Å². The molecule has 0 saturated carbocycles. The molecule has 1 aliphatic heterocycles. The van der Waals surface area contributed by atoms with Gasteiger partial charge in [0.2, 0.25) is 10.0 Å². The van der Waals surface area contributed by atoms with E-state index in [-0.39, 0.29) is 18.5 Å². The van der Waals surface area contributed by atoms with Crippen molar-refractivity contribution in [2.75, 3.05) is 19.7 Å². The Bertz CT molecular complexity index is 821. The lowest BCUT2D eigenvalue weighted by atomic mass is 9.98. The first-order valence-electron chi connectivity index (χ1n) is 9.31. The van der Waals surface area contributed by atoms with Crippen molar-refractivity contribution in [1.82, 2.24) is 4.31 Å². The Morgan fingerprint density at radius 2 is 1.74 bits per heavy atom. The molecule has 1 fully saturated rings. The van der Waals surface area contributed by atoms with E-state index in [9.17, 15) is 13.2 Å². The standard InChI is InChI=1S/C20H28N2O4S/c1-14-13-15(2)17(4)19(16(14)3)27(24,25)22-10-7-18(8-11-22)20(23)26-12-6-5-9-21/h13,18H,5-8,10-12H2,1-4H3. The van der Waals surface area contributed by atoms with Crippen molar-refractivity contribution < 1.29 is 17.9 Å². The summed E-state index contributed by atoms with van der Waals surface area (Å²) in [4.78, 5) is 12.5. The maximum Gasteiger partial charge on any atom is 0.309 e. The van der Waals surface area contributed by atoms with E-state index < -0.39 is 10.0 Å². The zero-order valence-electron chi connectivity index (χ0n) is 16.5. The summed E-state index contributed by atoms with van der Waals surface area (Å²) in [7, 11) is -3.60. The van der Waals surface area contributed by atoms with Gasteiger partial charge in [0, 0.05) is 19.5 Å². The molecule has 1 aromatic rings. The Morgan fingerprint density at radius 3 is 2.26 bits per heavy atom. The number of hydrogen-bond donors (Lipinski definition) is 0. The Hall–Kier alpha value is -1.91. The van der Waals surface area contributed by atoms with Crippen molar-refractivity contribution in [3.8, 4) is 6.07 Å². The highest BCUT2D eigenvalue weighted by Crippen LogP contribution is 2.31. The summed E-state index contributed by atoms with van der Waals surface area (Å²) in [5.74, 6) is -0.566. The van der Waals surface area contributed by atoms with E-state index in [0.717, 1.165) is 22.3 Å². The molecule has 0 N–H and O–H groups in total. The first-order valence-corrected chi connectivity index (χ1v) is 10.7. The van der Waals surface area contributed by atoms with Crippen LogP contribution in [-0.4, -0.2) is 38.4 Å². The summed E-state index contributed by atoms with van der Waals surface area (Å²) in [5.41, 5.74) is 3.51. The molecule has 0 amide bonds. The largest absolute Gasteiger partial charge is 0.465 e. The van der Waals surface area contributed by atoms with E-state index in [2.05, 4.69) is 0 Å². The highest BCUT2D eigenvalue weighted by Gasteiger charge is 2.34. The quantitative estimate of drug-likeness (QED) is 0.548. The van der Waals surface area contributed by atoms with Gasteiger partial charge >= 0.3 is 5.97 Å². The number of nitriles is 1. The van der Waals surface area contributed by atoms with E-state index >= 15 is 0 Å². The normalized spacial score (nSPS) is 16.1. The van der Waals surface area contributed by atoms with Gasteiger partial charge in [0.05, 0.1) is 23.5 Å². The number of benzene rings is 1. The molecule has 6 nitrogen and oxygen atoms in total. The number of unbranched alkanes of at least 4 members (excludes halogenated alkanes) is 1. The molecule has 0 atom stereocenters. The van der Waals surface area contributed by atoms with Crippen molar-refractivity contribution in [1.29, 1.82) is 5.26 Å². The van der Waals surface area contributed by atoms with Crippen LogP contribution in [0.2, 0.25) is 0 Å². The lowest BCUT2D eigenvalue weighted by molar-refractivity contribution is -0.149. The molecule has 1 aromatic carbocycles. The lowest BCUT2D eigenvalue weighted by Crippen LogP contribution is -2.41. The van der Waals surface area contributed by atoms with Gasteiger partial charge in [0.15, 0.2) is 0 Å². The van der Waals surface area contributed by atoms with Crippen LogP contribution in [0.3, 0.4) is 0 Å². The molecule has 148 valence electrons. The summed E-state index contributed by atoms with van der Waals surface area (Å²) in [6.45, 7) is 8.41. The average Bonchev–Trinajstić information content (AvgIpc) is 2.63. The molecule has 0 unspecified atom stereocenters. The van der Waals surface area contributed by atoms with Gasteiger partial charge in [-0.15, -0.1) is 0 Å². The maximum absolute atomic E-state index is 13.2. The predicted molar refractivity (Wildman–Crippen MR) is 103 cm³/mol. The topological polar surface area (TPSA) is 87.5 Å². The SMILES string of the molecule is Cc1cc(C)c(C)c(S(=O)(=O)N2CCC(C(=O)OCCCC#N)CC2)c1C. The minimum Gasteiger partial charge on any atom is -0.465 e. The minimum atomic E-state index is -3.60. The molecule has 0 bridgehead atoms. The second-order valence-corrected chi connectivity index (χ2v) is 9.07. The van der Waals surface area contributed by atoms with Crippen molar-refractivity contribution in [3.05, 3.63) is 28.3 Å². The van der Waals surface area contributed by atoms with Gasteiger partial charge in [-0.25, -0.2) is 8.42 Å². The van der Waals surface area contributed by atoms with Gasteiger partial charge in [-0.3, -0.25) is 4.79 Å². The summed E-state index contributed by atoms with van der Waals surface area (Å²) >= 11 is 0. The minimum absolute atomic E-state index is 0.242. The van der Waals surface area contributed by atoms with E-state index in [0.29, 0.717) is 43.7 Å². The maximum atomic E-state index is 13.2. The molecule has 1 aliphatic rings. The molecular formula is C20H28N2O4S. The van der Waals surface area contributed by atoms with Crippen LogP contribution in [-0.2, 0) is 19.6 Å². The second kappa shape index (κ2) is 8.85. The third kappa shape index (κ3) is 4.69. The number of esters is 1. The monoisotopic (exact) mass is 392 g/mol. The average molecular weight is 393 g/mol. The van der Waals surface area contributed by atoms with Crippen LogP contribution in [0.25, 0.3) is 0 Å². The number of nitrogens with zero attached hydrogens (tertiary/aromatic N) is 2. The van der Waals surface area contributed by atoms with Gasteiger partial charge in [0.25, 0.3) is 0 Å². The van der Waals surface area contributed by atoms with Crippen molar-refractivity contribution >= 4 is 16.0 Å². The van der Waals surface area contributed by atoms with Crippen LogP contribution in [0.1, 0.15) is 47.9 Å². The summed E-state index contributed by atoms with van der Waals surface area (Å²) < 4.78 is 33.2. The predicted octanol–water partition coefficient (Wildman–Crippen LogP) is 3.17. The van der Waals surface area contributed by atoms with Crippen molar-refractivity contribution in [2.24, 2.45) is 5.92 Å². The first-order chi connectivity index (χ1) is 12.7. The molecule has 0 spiro atoms. The fourth-order valence-corrected chi connectivity index (χ4v) is 5.52. The zero-order chi connectivity index (χ0) is 20.2. The molecule has 0 aromatic heterocycles. The molecule has 1 saturated heterocycles. The summed E-state index contributed by atoms with van der Waals surface area (Å²) in [6.07, 6.45) is 1.80. The van der Waals surface area contributed by atoms with Crippen LogP contribution in [0.15, 0.2) is 11.0 Å². The fraction of sp³-hybridized carbons (Fsp3) is 0.600. The van der Waals surface area contributed by atoms with E-state index in [1.165, 1.54) is 4.31 Å². The molecule has 0 radical (unpaired) electrons. The van der Waals surface area contributed by atoms with Crippen LogP contribution < -0.4 is 0 Å². The number of carbonyl (C=O) groups excluding carboxylic acids is 1. The van der Waals surface area contributed by atoms with E-state index in [1.54, 1.807) is 0 Å². The van der Waals surface area contributed by atoms with E-state index in [1.807, 2.05) is 39.8 Å². The molecule has 27 heavy (non-hydrogen) atoms. The number of ether oxygens (including phenoxy) is 1. The Balaban J connectivity index is 2.08. The molecule has 0 aliphatic carbocycles. The molecule has 7 heteroatoms. The number of piperidine rings is 1. The van der Waals surface area contributed by atoms with Crippen LogP contribution in [0, 0.1) is 44.9 Å². The summed E-state index contributed by atoms with van der Waals surface area (Å²) in [5, 5.41) is 8.50. The first kappa shape index (κ1) is 21.4. The highest BCUT2D eigenvalue weighted by atomic mass is 32.2. The summed E-state index contributed by atoms with van der Waals surface area (Å²) in [6, 6.07) is 4.02. The van der Waals surface area contributed by atoms with Gasteiger partial charge in [-0.05, 0) is 69.2 Å². The lowest BCUT2D eigenvalue weighted by Gasteiger charge is -2.31. The van der Waals surface area contributed by atoms with Crippen molar-refractivity contribution in [2.45, 2.75) is 58.3 Å². The third-order valence-electron chi connectivity index (χ3n) is 5.36. The molecular weight excluding hydrogens is 364 g/mol. The van der Waals surface area contributed by atoms with Gasteiger partial charge in [-0.2, -0.15) is 9.57 Å². The fourth-order valence-electron chi connectivity index (χ4n) is 3.47. The van der Waals surface area contributed by atoms with Gasteiger partial charge < -0.3 is 4.74 Å². The van der Waals surface area contributed by atoms with E-state index in [4.69, 9.17) is 10.00 Å². The number of sulfonamides is 1. The number of carbonyl (C=O) groups is 1. The molecule has 1 heterocycles. The third-order valence-corrected chi connectivity index (χ3v) is 7.53.